The molecule has 0 N–H and O–H groups in total. The zero-order chi connectivity index (χ0) is 22.4. The lowest BCUT2D eigenvalue weighted by Crippen LogP contribution is -2.11. The van der Waals surface area contributed by atoms with Gasteiger partial charge in [-0.2, -0.15) is 0 Å². The Hall–Kier alpha value is -2.10. The summed E-state index contributed by atoms with van der Waals surface area (Å²) in [5.74, 6) is 0. The van der Waals surface area contributed by atoms with Crippen molar-refractivity contribution >= 4 is 11.4 Å². The van der Waals surface area contributed by atoms with Gasteiger partial charge in [-0.1, -0.05) is 20.8 Å². The van der Waals surface area contributed by atoms with Crippen molar-refractivity contribution in [3.8, 4) is 0 Å². The van der Waals surface area contributed by atoms with Crippen molar-refractivity contribution in [3.63, 3.8) is 0 Å². The maximum Gasteiger partial charge on any atom is 0.279 e. The van der Waals surface area contributed by atoms with E-state index in [1.165, 1.54) is 12.1 Å². The maximum absolute atomic E-state index is 11.1. The lowest BCUT2D eigenvalue weighted by atomic mass is 9.91. The fourth-order valence-corrected chi connectivity index (χ4v) is 2.81. The molecule has 0 spiro atoms. The van der Waals surface area contributed by atoms with Crippen molar-refractivity contribution in [2.75, 3.05) is 39.6 Å². The van der Waals surface area contributed by atoms with Crippen LogP contribution in [-0.4, -0.2) is 49.5 Å². The Bertz CT molecular complexity index is 659. The highest BCUT2D eigenvalue weighted by Crippen LogP contribution is 2.26. The Kier molecular flexibility index (Phi) is 12.1. The van der Waals surface area contributed by atoms with Crippen LogP contribution in [0.25, 0.3) is 0 Å². The van der Waals surface area contributed by atoms with Crippen LogP contribution in [0.3, 0.4) is 0 Å². The molecule has 9 heteroatoms. The molecule has 0 saturated carbocycles. The van der Waals surface area contributed by atoms with Crippen LogP contribution >= 0.6 is 0 Å². The van der Waals surface area contributed by atoms with Gasteiger partial charge in [0.1, 0.15) is 0 Å². The number of hydrogen-bond acceptors (Lipinski definition) is 7. The summed E-state index contributed by atoms with van der Waals surface area (Å²) in [6, 6.07) is 3.76. The number of ether oxygens (including phenoxy) is 3. The summed E-state index contributed by atoms with van der Waals surface area (Å²) in [5.41, 5.74) is 0.355. The third-order valence-corrected chi connectivity index (χ3v) is 4.42. The van der Waals surface area contributed by atoms with Crippen LogP contribution in [0.1, 0.15) is 52.0 Å². The summed E-state index contributed by atoms with van der Waals surface area (Å²) in [4.78, 5) is 20.6. The third-order valence-electron chi connectivity index (χ3n) is 4.42. The van der Waals surface area contributed by atoms with E-state index in [1.807, 2.05) is 0 Å². The number of nitrogens with zero attached hydrogens (tertiary/aromatic N) is 2. The van der Waals surface area contributed by atoms with Crippen molar-refractivity contribution in [1.82, 2.24) is 0 Å². The standard InChI is InChI=1S/C21H34N2O7/c1-21(2,3)10-6-12-29-14-16-30-15-13-28-11-5-4-7-18-8-9-19(22(24)25)17-20(18)23(26)27/h8-9,17H,4-7,10-16H2,1-3H3. The summed E-state index contributed by atoms with van der Waals surface area (Å²) < 4.78 is 16.5. The number of rotatable bonds is 16. The van der Waals surface area contributed by atoms with Crippen LogP contribution < -0.4 is 0 Å². The first-order valence-corrected chi connectivity index (χ1v) is 10.4. The Morgan fingerprint density at radius 2 is 1.37 bits per heavy atom. The van der Waals surface area contributed by atoms with Gasteiger partial charge in [0.05, 0.1) is 42.3 Å². The smallest absolute Gasteiger partial charge is 0.279 e. The van der Waals surface area contributed by atoms with E-state index in [1.54, 1.807) is 0 Å². The topological polar surface area (TPSA) is 114 Å². The Balaban J connectivity index is 2.04. The van der Waals surface area contributed by atoms with Gasteiger partial charge in [0.15, 0.2) is 0 Å². The van der Waals surface area contributed by atoms with Gasteiger partial charge in [-0.15, -0.1) is 0 Å². The molecule has 0 bridgehead atoms. The first-order valence-electron chi connectivity index (χ1n) is 10.4. The summed E-state index contributed by atoms with van der Waals surface area (Å²) >= 11 is 0. The highest BCUT2D eigenvalue weighted by Gasteiger charge is 2.18. The summed E-state index contributed by atoms with van der Waals surface area (Å²) in [7, 11) is 0. The van der Waals surface area contributed by atoms with Gasteiger partial charge in [0.25, 0.3) is 11.4 Å². The highest BCUT2D eigenvalue weighted by molar-refractivity contribution is 5.49. The molecular formula is C21H34N2O7. The normalized spacial score (nSPS) is 11.6. The Labute approximate surface area is 178 Å². The lowest BCUT2D eigenvalue weighted by Gasteiger charge is -2.17. The SMILES string of the molecule is CC(C)(C)CCCOCCOCCOCCCCc1ccc([N+](=O)[O-])cc1[N+](=O)[O-]. The van der Waals surface area contributed by atoms with Gasteiger partial charge in [-0.05, 0) is 43.6 Å². The monoisotopic (exact) mass is 426 g/mol. The van der Waals surface area contributed by atoms with Crippen LogP contribution in [-0.2, 0) is 20.6 Å². The van der Waals surface area contributed by atoms with Crippen LogP contribution in [0.15, 0.2) is 18.2 Å². The molecule has 0 unspecified atom stereocenters. The maximum atomic E-state index is 11.1. The van der Waals surface area contributed by atoms with Crippen molar-refractivity contribution in [3.05, 3.63) is 44.0 Å². The predicted molar refractivity (Wildman–Crippen MR) is 114 cm³/mol. The van der Waals surface area contributed by atoms with Gasteiger partial charge in [0, 0.05) is 24.8 Å². The van der Waals surface area contributed by atoms with Gasteiger partial charge in [-0.3, -0.25) is 20.2 Å². The molecule has 1 aromatic carbocycles. The number of unbranched alkanes of at least 4 members (excludes halogenated alkanes) is 1. The third kappa shape index (κ3) is 11.8. The largest absolute Gasteiger partial charge is 0.379 e. The average molecular weight is 427 g/mol. The molecule has 0 atom stereocenters. The van der Waals surface area contributed by atoms with Gasteiger partial charge in [0.2, 0.25) is 0 Å². The van der Waals surface area contributed by atoms with E-state index in [4.69, 9.17) is 14.2 Å². The number of hydrogen-bond donors (Lipinski definition) is 0. The number of nitro benzene ring substituents is 2. The summed E-state index contributed by atoms with van der Waals surface area (Å²) in [6.45, 7) is 10.1. The molecule has 0 radical (unpaired) electrons. The molecule has 1 rings (SSSR count). The molecule has 0 aromatic heterocycles. The average Bonchev–Trinajstić information content (AvgIpc) is 2.67. The van der Waals surface area contributed by atoms with Crippen molar-refractivity contribution < 1.29 is 24.1 Å². The van der Waals surface area contributed by atoms with Crippen LogP contribution in [0.2, 0.25) is 0 Å². The molecule has 0 heterocycles. The van der Waals surface area contributed by atoms with E-state index < -0.39 is 9.85 Å². The molecule has 0 saturated heterocycles. The highest BCUT2D eigenvalue weighted by atomic mass is 16.6. The first kappa shape index (κ1) is 25.9. The van der Waals surface area contributed by atoms with Crippen molar-refractivity contribution in [2.45, 2.75) is 52.9 Å². The van der Waals surface area contributed by atoms with Crippen LogP contribution in [0.4, 0.5) is 11.4 Å². The van der Waals surface area contributed by atoms with Gasteiger partial charge >= 0.3 is 0 Å². The van der Waals surface area contributed by atoms with Gasteiger partial charge < -0.3 is 14.2 Å². The number of aryl methyl sites for hydroxylation is 1. The zero-order valence-corrected chi connectivity index (χ0v) is 18.3. The quantitative estimate of drug-likeness (QED) is 0.214. The Morgan fingerprint density at radius 1 is 0.800 bits per heavy atom. The van der Waals surface area contributed by atoms with Crippen LogP contribution in [0, 0.1) is 25.6 Å². The van der Waals surface area contributed by atoms with Crippen molar-refractivity contribution in [2.24, 2.45) is 5.41 Å². The molecule has 0 aliphatic heterocycles. The van der Waals surface area contributed by atoms with E-state index in [9.17, 15) is 20.2 Å². The van der Waals surface area contributed by atoms with E-state index in [2.05, 4.69) is 20.8 Å². The fraction of sp³-hybridized carbons (Fsp3) is 0.714. The minimum atomic E-state index is -0.633. The molecule has 9 nitrogen and oxygen atoms in total. The predicted octanol–water partition coefficient (Wildman–Crippen LogP) is 4.70. The number of nitro groups is 2. The second-order valence-electron chi connectivity index (χ2n) is 8.29. The second-order valence-corrected chi connectivity index (χ2v) is 8.29. The molecular weight excluding hydrogens is 392 g/mol. The fourth-order valence-electron chi connectivity index (χ4n) is 2.81. The minimum absolute atomic E-state index is 0.209. The number of benzene rings is 1. The molecule has 170 valence electrons. The number of non-ortho nitro benzene ring substituents is 1. The molecule has 0 aliphatic rings. The lowest BCUT2D eigenvalue weighted by molar-refractivity contribution is -0.394. The molecule has 30 heavy (non-hydrogen) atoms. The minimum Gasteiger partial charge on any atom is -0.379 e. The van der Waals surface area contributed by atoms with E-state index >= 15 is 0 Å². The summed E-state index contributed by atoms with van der Waals surface area (Å²) in [5, 5.41) is 21.9. The van der Waals surface area contributed by atoms with E-state index in [0.29, 0.717) is 56.9 Å². The molecule has 0 amide bonds. The zero-order valence-electron chi connectivity index (χ0n) is 18.3. The Morgan fingerprint density at radius 3 is 1.90 bits per heavy atom. The molecule has 0 aliphatic carbocycles. The van der Waals surface area contributed by atoms with Gasteiger partial charge in [-0.25, -0.2) is 0 Å². The first-order chi connectivity index (χ1) is 14.2. The van der Waals surface area contributed by atoms with E-state index in [0.717, 1.165) is 31.9 Å². The van der Waals surface area contributed by atoms with Crippen LogP contribution in [0.5, 0.6) is 0 Å². The summed E-state index contributed by atoms with van der Waals surface area (Å²) in [6.07, 6.45) is 4.10. The molecule has 0 fully saturated rings. The second kappa shape index (κ2) is 14.0. The van der Waals surface area contributed by atoms with Crippen molar-refractivity contribution in [1.29, 1.82) is 0 Å². The molecule has 1 aromatic rings. The van der Waals surface area contributed by atoms with E-state index in [-0.39, 0.29) is 11.4 Å².